The fraction of sp³-hybridized carbons (Fsp3) is 0.731. The summed E-state index contributed by atoms with van der Waals surface area (Å²) in [6.07, 6.45) is 13.1. The first-order chi connectivity index (χ1) is 15.7. The highest BCUT2D eigenvalue weighted by Gasteiger charge is 2.06. The summed E-state index contributed by atoms with van der Waals surface area (Å²) >= 11 is 0. The Morgan fingerprint density at radius 2 is 1.06 bits per heavy atom. The first-order valence-corrected chi connectivity index (χ1v) is 12.4. The third-order valence-electron chi connectivity index (χ3n) is 5.07. The molecule has 1 N–H and O–H groups in total. The highest BCUT2D eigenvalue weighted by molar-refractivity contribution is 5.89. The summed E-state index contributed by atoms with van der Waals surface area (Å²) in [5, 5.41) is 9.21. The first kappa shape index (κ1) is 28.4. The molecule has 0 unspecified atom stereocenters. The zero-order valence-electron chi connectivity index (χ0n) is 20.0. The van der Waals surface area contributed by atoms with Gasteiger partial charge in [0.1, 0.15) is 5.75 Å². The van der Waals surface area contributed by atoms with Crippen LogP contribution >= 0.6 is 0 Å². The number of benzene rings is 1. The van der Waals surface area contributed by atoms with Crippen molar-refractivity contribution >= 4 is 5.97 Å². The number of carbonyl (C=O) groups is 1. The Morgan fingerprint density at radius 3 is 1.59 bits per heavy atom. The van der Waals surface area contributed by atoms with Crippen LogP contribution in [0, 0.1) is 0 Å². The largest absolute Gasteiger partial charge is 0.508 e. The standard InChI is InChI=1S/C26H44O6/c1-2-3-4-5-6-7-8-9-17-29-18-10-19-30-20-11-21-31-22-12-23-32-26(28)24-13-15-25(27)16-14-24/h13-16,27H,2-12,17-23H2,1H3. The first-order valence-electron chi connectivity index (χ1n) is 12.4. The predicted octanol–water partition coefficient (Wildman–Crippen LogP) is 5.91. The summed E-state index contributed by atoms with van der Waals surface area (Å²) in [6.45, 7) is 6.82. The number of rotatable bonds is 22. The van der Waals surface area contributed by atoms with Gasteiger partial charge in [-0.1, -0.05) is 51.9 Å². The number of ether oxygens (including phenoxy) is 4. The van der Waals surface area contributed by atoms with Gasteiger partial charge in [-0.15, -0.1) is 0 Å². The molecule has 0 aliphatic rings. The van der Waals surface area contributed by atoms with Crippen molar-refractivity contribution < 1.29 is 28.8 Å². The van der Waals surface area contributed by atoms with Gasteiger partial charge in [0, 0.05) is 46.1 Å². The maximum Gasteiger partial charge on any atom is 0.338 e. The number of hydrogen-bond acceptors (Lipinski definition) is 6. The zero-order chi connectivity index (χ0) is 23.1. The topological polar surface area (TPSA) is 74.2 Å². The summed E-state index contributed by atoms with van der Waals surface area (Å²) in [6, 6.07) is 6.01. The van der Waals surface area contributed by atoms with E-state index in [2.05, 4.69) is 6.92 Å². The van der Waals surface area contributed by atoms with E-state index in [1.54, 1.807) is 0 Å². The number of unbranched alkanes of at least 4 members (excludes halogenated alkanes) is 7. The van der Waals surface area contributed by atoms with Gasteiger partial charge in [-0.2, -0.15) is 0 Å². The molecule has 0 saturated heterocycles. The second-order valence-corrected chi connectivity index (χ2v) is 8.06. The van der Waals surface area contributed by atoms with Crippen molar-refractivity contribution in [1.82, 2.24) is 0 Å². The second kappa shape index (κ2) is 21.2. The maximum atomic E-state index is 11.8. The van der Waals surface area contributed by atoms with Crippen molar-refractivity contribution in [2.24, 2.45) is 0 Å². The normalized spacial score (nSPS) is 11.0. The van der Waals surface area contributed by atoms with Crippen molar-refractivity contribution in [1.29, 1.82) is 0 Å². The van der Waals surface area contributed by atoms with Crippen LogP contribution in [0.15, 0.2) is 24.3 Å². The van der Waals surface area contributed by atoms with Crippen LogP contribution in [0.4, 0.5) is 0 Å². The quantitative estimate of drug-likeness (QED) is 0.174. The Bertz CT molecular complexity index is 546. The second-order valence-electron chi connectivity index (χ2n) is 8.06. The van der Waals surface area contributed by atoms with Gasteiger partial charge in [0.05, 0.1) is 12.2 Å². The molecular formula is C26H44O6. The number of phenols is 1. The molecule has 6 nitrogen and oxygen atoms in total. The molecule has 1 aromatic carbocycles. The molecule has 0 saturated carbocycles. The molecule has 184 valence electrons. The average Bonchev–Trinajstić information content (AvgIpc) is 2.80. The van der Waals surface area contributed by atoms with Gasteiger partial charge >= 0.3 is 5.97 Å². The Morgan fingerprint density at radius 1 is 0.625 bits per heavy atom. The van der Waals surface area contributed by atoms with E-state index in [0.717, 1.165) is 32.7 Å². The van der Waals surface area contributed by atoms with Crippen molar-refractivity contribution in [3.05, 3.63) is 29.8 Å². The van der Waals surface area contributed by atoms with E-state index < -0.39 is 0 Å². The summed E-state index contributed by atoms with van der Waals surface area (Å²) < 4.78 is 21.9. The number of esters is 1. The molecule has 1 aromatic rings. The Kier molecular flexibility index (Phi) is 18.8. The van der Waals surface area contributed by atoms with Crippen LogP contribution in [0.2, 0.25) is 0 Å². The third kappa shape index (κ3) is 17.0. The summed E-state index contributed by atoms with van der Waals surface area (Å²) in [7, 11) is 0. The van der Waals surface area contributed by atoms with Crippen LogP contribution in [-0.4, -0.2) is 57.3 Å². The highest BCUT2D eigenvalue weighted by Crippen LogP contribution is 2.11. The molecule has 0 heterocycles. The van der Waals surface area contributed by atoms with Crippen LogP contribution in [0.1, 0.15) is 87.9 Å². The fourth-order valence-corrected chi connectivity index (χ4v) is 3.18. The summed E-state index contributed by atoms with van der Waals surface area (Å²) in [4.78, 5) is 11.8. The number of aromatic hydroxyl groups is 1. The van der Waals surface area contributed by atoms with Crippen molar-refractivity contribution in [3.63, 3.8) is 0 Å². The zero-order valence-corrected chi connectivity index (χ0v) is 20.0. The minimum Gasteiger partial charge on any atom is -0.508 e. The molecule has 0 atom stereocenters. The van der Waals surface area contributed by atoms with E-state index in [1.807, 2.05) is 0 Å². The average molecular weight is 453 g/mol. The lowest BCUT2D eigenvalue weighted by molar-refractivity contribution is 0.0411. The Balaban J connectivity index is 1.73. The lowest BCUT2D eigenvalue weighted by Crippen LogP contribution is -2.09. The molecule has 0 aromatic heterocycles. The lowest BCUT2D eigenvalue weighted by atomic mass is 10.1. The smallest absolute Gasteiger partial charge is 0.338 e. The SMILES string of the molecule is CCCCCCCCCCOCCCOCCCOCCCOC(=O)c1ccc(O)cc1. The number of phenolic OH excluding ortho intramolecular Hbond substituents is 1. The minimum absolute atomic E-state index is 0.126. The highest BCUT2D eigenvalue weighted by atomic mass is 16.5. The minimum atomic E-state index is -0.389. The van der Waals surface area contributed by atoms with Gasteiger partial charge in [-0.05, 0) is 43.5 Å². The monoisotopic (exact) mass is 452 g/mol. The molecule has 0 fully saturated rings. The van der Waals surface area contributed by atoms with Crippen LogP contribution in [0.5, 0.6) is 5.75 Å². The van der Waals surface area contributed by atoms with Crippen LogP contribution in [0.3, 0.4) is 0 Å². The van der Waals surface area contributed by atoms with Gasteiger partial charge in [0.15, 0.2) is 0 Å². The van der Waals surface area contributed by atoms with Gasteiger partial charge in [-0.25, -0.2) is 4.79 Å². The summed E-state index contributed by atoms with van der Waals surface area (Å²) in [5.74, 6) is -0.262. The predicted molar refractivity (Wildman–Crippen MR) is 127 cm³/mol. The molecule has 0 amide bonds. The van der Waals surface area contributed by atoms with E-state index >= 15 is 0 Å². The summed E-state index contributed by atoms with van der Waals surface area (Å²) in [5.41, 5.74) is 0.430. The third-order valence-corrected chi connectivity index (χ3v) is 5.07. The molecule has 0 radical (unpaired) electrons. The Labute approximate surface area is 194 Å². The van der Waals surface area contributed by atoms with E-state index in [1.165, 1.54) is 75.6 Å². The van der Waals surface area contributed by atoms with Gasteiger partial charge in [-0.3, -0.25) is 0 Å². The van der Waals surface area contributed by atoms with Gasteiger partial charge in [0.25, 0.3) is 0 Å². The van der Waals surface area contributed by atoms with E-state index in [0.29, 0.717) is 38.4 Å². The molecule has 6 heteroatoms. The van der Waals surface area contributed by atoms with Crippen molar-refractivity contribution in [3.8, 4) is 5.75 Å². The number of hydrogen-bond donors (Lipinski definition) is 1. The molecule has 32 heavy (non-hydrogen) atoms. The van der Waals surface area contributed by atoms with E-state index in [4.69, 9.17) is 18.9 Å². The lowest BCUT2D eigenvalue weighted by Gasteiger charge is -2.07. The van der Waals surface area contributed by atoms with E-state index in [-0.39, 0.29) is 11.7 Å². The van der Waals surface area contributed by atoms with E-state index in [9.17, 15) is 9.90 Å². The van der Waals surface area contributed by atoms with Gasteiger partial charge < -0.3 is 24.1 Å². The molecule has 1 rings (SSSR count). The molecular weight excluding hydrogens is 408 g/mol. The molecule has 0 bridgehead atoms. The van der Waals surface area contributed by atoms with Crippen LogP contribution < -0.4 is 0 Å². The Hall–Kier alpha value is -1.63. The van der Waals surface area contributed by atoms with Gasteiger partial charge in [0.2, 0.25) is 0 Å². The van der Waals surface area contributed by atoms with Crippen LogP contribution in [-0.2, 0) is 18.9 Å². The number of carbonyl (C=O) groups excluding carboxylic acids is 1. The van der Waals surface area contributed by atoms with Crippen LogP contribution in [0.25, 0.3) is 0 Å². The van der Waals surface area contributed by atoms with Crippen molar-refractivity contribution in [2.45, 2.75) is 77.6 Å². The maximum absolute atomic E-state index is 11.8. The molecule has 0 aliphatic heterocycles. The molecule has 0 aliphatic carbocycles. The fourth-order valence-electron chi connectivity index (χ4n) is 3.18. The van der Waals surface area contributed by atoms with Crippen molar-refractivity contribution in [2.75, 3.05) is 46.2 Å². The molecule has 0 spiro atoms.